The number of aliphatic hydroxyl groups is 1. The van der Waals surface area contributed by atoms with Crippen LogP contribution in [0.15, 0.2) is 18.2 Å². The predicted octanol–water partition coefficient (Wildman–Crippen LogP) is 2.43. The Balaban J connectivity index is 1.98. The predicted molar refractivity (Wildman–Crippen MR) is 87.1 cm³/mol. The van der Waals surface area contributed by atoms with Crippen molar-refractivity contribution >= 4 is 17.3 Å². The fourth-order valence-corrected chi connectivity index (χ4v) is 2.94. The number of benzene rings is 1. The molecular weight excluding hydrogens is 288 g/mol. The van der Waals surface area contributed by atoms with E-state index in [2.05, 4.69) is 23.2 Å². The third kappa shape index (κ3) is 4.85. The van der Waals surface area contributed by atoms with E-state index in [1.165, 1.54) is 11.3 Å². The number of nitrogens with zero attached hydrogens (tertiary/aromatic N) is 1. The van der Waals surface area contributed by atoms with Crippen LogP contribution in [-0.4, -0.2) is 44.1 Å². The van der Waals surface area contributed by atoms with E-state index in [1.54, 1.807) is 0 Å². The molecule has 2 rings (SSSR count). The second-order valence-electron chi connectivity index (χ2n) is 5.33. The largest absolute Gasteiger partial charge is 0.394 e. The molecule has 0 saturated carbocycles. The standard InChI is InChI=1S/C16H25ClN2O2/c1-2-18-12-13-11-14(17)3-4-16(13)19-7-5-15(6-8-19)21-10-9-20/h3-4,11,15,18,20H,2,5-10,12H2,1H3. The molecule has 0 aromatic heterocycles. The molecule has 1 aliphatic rings. The molecule has 1 aromatic carbocycles. The zero-order valence-electron chi connectivity index (χ0n) is 12.6. The van der Waals surface area contributed by atoms with Gasteiger partial charge in [0.05, 0.1) is 19.3 Å². The van der Waals surface area contributed by atoms with E-state index in [9.17, 15) is 0 Å². The molecule has 1 aliphatic heterocycles. The van der Waals surface area contributed by atoms with Crippen LogP contribution in [0.1, 0.15) is 25.3 Å². The number of nitrogens with one attached hydrogen (secondary N) is 1. The maximum Gasteiger partial charge on any atom is 0.0701 e. The Labute approximate surface area is 132 Å². The molecule has 118 valence electrons. The fourth-order valence-electron chi connectivity index (χ4n) is 2.75. The van der Waals surface area contributed by atoms with Crippen molar-refractivity contribution in [2.75, 3.05) is 37.7 Å². The van der Waals surface area contributed by atoms with Gasteiger partial charge in [-0.3, -0.25) is 0 Å². The molecule has 1 fully saturated rings. The minimum Gasteiger partial charge on any atom is -0.394 e. The highest BCUT2D eigenvalue weighted by Crippen LogP contribution is 2.27. The zero-order chi connectivity index (χ0) is 15.1. The number of ether oxygens (including phenoxy) is 1. The smallest absolute Gasteiger partial charge is 0.0701 e. The number of hydrogen-bond donors (Lipinski definition) is 2. The SMILES string of the molecule is CCNCc1cc(Cl)ccc1N1CCC(OCCO)CC1. The summed E-state index contributed by atoms with van der Waals surface area (Å²) < 4.78 is 5.62. The molecule has 1 heterocycles. The summed E-state index contributed by atoms with van der Waals surface area (Å²) >= 11 is 6.13. The second kappa shape index (κ2) is 8.59. The van der Waals surface area contributed by atoms with Crippen LogP contribution in [0.25, 0.3) is 0 Å². The summed E-state index contributed by atoms with van der Waals surface area (Å²) in [6.45, 7) is 6.40. The molecule has 21 heavy (non-hydrogen) atoms. The minimum absolute atomic E-state index is 0.101. The molecule has 0 spiro atoms. The monoisotopic (exact) mass is 312 g/mol. The highest BCUT2D eigenvalue weighted by Gasteiger charge is 2.21. The first-order valence-electron chi connectivity index (χ1n) is 7.71. The van der Waals surface area contributed by atoms with Gasteiger partial charge >= 0.3 is 0 Å². The fraction of sp³-hybridized carbons (Fsp3) is 0.625. The van der Waals surface area contributed by atoms with Crippen molar-refractivity contribution in [3.8, 4) is 0 Å². The lowest BCUT2D eigenvalue weighted by molar-refractivity contribution is 0.0159. The Morgan fingerprint density at radius 3 is 2.81 bits per heavy atom. The van der Waals surface area contributed by atoms with Crippen LogP contribution in [0.3, 0.4) is 0 Å². The minimum atomic E-state index is 0.101. The van der Waals surface area contributed by atoms with Crippen LogP contribution in [-0.2, 0) is 11.3 Å². The van der Waals surface area contributed by atoms with Gasteiger partial charge < -0.3 is 20.1 Å². The molecule has 4 nitrogen and oxygen atoms in total. The first-order chi connectivity index (χ1) is 10.2. The summed E-state index contributed by atoms with van der Waals surface area (Å²) in [5, 5.41) is 13.0. The number of piperidine rings is 1. The molecule has 5 heteroatoms. The number of hydrogen-bond acceptors (Lipinski definition) is 4. The van der Waals surface area contributed by atoms with Gasteiger partial charge in [0.25, 0.3) is 0 Å². The lowest BCUT2D eigenvalue weighted by Gasteiger charge is -2.34. The lowest BCUT2D eigenvalue weighted by Crippen LogP contribution is -2.38. The number of anilines is 1. The average molecular weight is 313 g/mol. The van der Waals surface area contributed by atoms with Crippen molar-refractivity contribution in [3.05, 3.63) is 28.8 Å². The van der Waals surface area contributed by atoms with Crippen LogP contribution in [0.5, 0.6) is 0 Å². The van der Waals surface area contributed by atoms with Gasteiger partial charge in [-0.1, -0.05) is 18.5 Å². The van der Waals surface area contributed by atoms with E-state index in [-0.39, 0.29) is 12.7 Å². The van der Waals surface area contributed by atoms with Crippen LogP contribution in [0.2, 0.25) is 5.02 Å². The summed E-state index contributed by atoms with van der Waals surface area (Å²) in [4.78, 5) is 2.40. The zero-order valence-corrected chi connectivity index (χ0v) is 13.4. The van der Waals surface area contributed by atoms with Gasteiger partial charge in [0.15, 0.2) is 0 Å². The third-order valence-electron chi connectivity index (χ3n) is 3.83. The van der Waals surface area contributed by atoms with E-state index in [0.717, 1.165) is 44.0 Å². The Morgan fingerprint density at radius 1 is 1.38 bits per heavy atom. The quantitative estimate of drug-likeness (QED) is 0.811. The van der Waals surface area contributed by atoms with Crippen LogP contribution >= 0.6 is 11.6 Å². The van der Waals surface area contributed by atoms with Gasteiger partial charge in [0.2, 0.25) is 0 Å². The average Bonchev–Trinajstić information content (AvgIpc) is 2.51. The second-order valence-corrected chi connectivity index (χ2v) is 5.77. The Bertz CT molecular complexity index is 434. The summed E-state index contributed by atoms with van der Waals surface area (Å²) in [7, 11) is 0. The molecule has 0 bridgehead atoms. The van der Waals surface area contributed by atoms with E-state index >= 15 is 0 Å². The maximum absolute atomic E-state index is 8.82. The molecule has 0 amide bonds. The van der Waals surface area contributed by atoms with Gasteiger partial charge in [0, 0.05) is 30.3 Å². The van der Waals surface area contributed by atoms with E-state index < -0.39 is 0 Å². The van der Waals surface area contributed by atoms with Crippen LogP contribution in [0, 0.1) is 0 Å². The summed E-state index contributed by atoms with van der Waals surface area (Å²) in [5.74, 6) is 0. The molecular formula is C16H25ClN2O2. The van der Waals surface area contributed by atoms with Gasteiger partial charge in [0.1, 0.15) is 0 Å². The van der Waals surface area contributed by atoms with Gasteiger partial charge in [-0.2, -0.15) is 0 Å². The van der Waals surface area contributed by atoms with Crippen molar-refractivity contribution in [1.82, 2.24) is 5.32 Å². The third-order valence-corrected chi connectivity index (χ3v) is 4.07. The van der Waals surface area contributed by atoms with Crippen molar-refractivity contribution in [3.63, 3.8) is 0 Å². The maximum atomic E-state index is 8.82. The van der Waals surface area contributed by atoms with Crippen LogP contribution < -0.4 is 10.2 Å². The van der Waals surface area contributed by atoms with E-state index in [4.69, 9.17) is 21.4 Å². The molecule has 0 aliphatic carbocycles. The Morgan fingerprint density at radius 2 is 2.14 bits per heavy atom. The van der Waals surface area contributed by atoms with Crippen LogP contribution in [0.4, 0.5) is 5.69 Å². The molecule has 1 saturated heterocycles. The summed E-state index contributed by atoms with van der Waals surface area (Å²) in [6.07, 6.45) is 2.28. The molecule has 1 aromatic rings. The molecule has 2 N–H and O–H groups in total. The number of halogens is 1. The first kappa shape index (κ1) is 16.6. The van der Waals surface area contributed by atoms with Gasteiger partial charge in [-0.15, -0.1) is 0 Å². The normalized spacial score (nSPS) is 16.4. The molecule has 0 radical (unpaired) electrons. The number of aliphatic hydroxyl groups excluding tert-OH is 1. The van der Waals surface area contributed by atoms with Crippen molar-refractivity contribution < 1.29 is 9.84 Å². The number of rotatable bonds is 7. The summed E-state index contributed by atoms with van der Waals surface area (Å²) in [5.41, 5.74) is 2.51. The highest BCUT2D eigenvalue weighted by atomic mass is 35.5. The Kier molecular flexibility index (Phi) is 6.77. The topological polar surface area (TPSA) is 44.7 Å². The summed E-state index contributed by atoms with van der Waals surface area (Å²) in [6, 6.07) is 6.12. The van der Waals surface area contributed by atoms with Crippen molar-refractivity contribution in [1.29, 1.82) is 0 Å². The van der Waals surface area contributed by atoms with E-state index in [1.807, 2.05) is 12.1 Å². The molecule has 0 atom stereocenters. The highest BCUT2D eigenvalue weighted by molar-refractivity contribution is 6.30. The van der Waals surface area contributed by atoms with Gasteiger partial charge in [-0.05, 0) is 43.1 Å². The first-order valence-corrected chi connectivity index (χ1v) is 8.09. The molecule has 0 unspecified atom stereocenters. The lowest BCUT2D eigenvalue weighted by atomic mass is 10.0. The van der Waals surface area contributed by atoms with Crippen molar-refractivity contribution in [2.24, 2.45) is 0 Å². The Hall–Kier alpha value is -0.810. The van der Waals surface area contributed by atoms with Crippen molar-refractivity contribution in [2.45, 2.75) is 32.4 Å². The van der Waals surface area contributed by atoms with Gasteiger partial charge in [-0.25, -0.2) is 0 Å². The van der Waals surface area contributed by atoms with E-state index in [0.29, 0.717) is 6.61 Å².